The number of anilines is 3. The van der Waals surface area contributed by atoms with Gasteiger partial charge in [0.05, 0.1) is 35.3 Å². The molecular weight excluding hydrogens is 550 g/mol. The molecule has 11 nitrogen and oxygen atoms in total. The second-order valence-electron chi connectivity index (χ2n) is 11.0. The zero-order chi connectivity index (χ0) is 30.3. The standard InChI is InChI=1S/C29H32F2N6O5/c1-16(2)37-24-12-21(31)23(11-19(24)27(39)36(28(37)40)14-17-4-5-17)34-29(3,41)35-8-9-42-25(15-35)26(38)33-22-7-6-18(13-32)10-20(22)30/h4-7,10-12,16-17,25,27,34,39,41H,8-9,14-15H2,1-3H3,(H,33,38)/t25-,27?,29?/m1/s1. The molecule has 2 aromatic carbocycles. The highest BCUT2D eigenvalue weighted by atomic mass is 19.1. The lowest BCUT2D eigenvalue weighted by molar-refractivity contribution is -0.152. The Morgan fingerprint density at radius 1 is 1.21 bits per heavy atom. The van der Waals surface area contributed by atoms with Crippen LogP contribution in [0.5, 0.6) is 0 Å². The summed E-state index contributed by atoms with van der Waals surface area (Å²) in [5.74, 6) is -4.00. The Hall–Kier alpha value is -4.09. The van der Waals surface area contributed by atoms with E-state index in [2.05, 4.69) is 10.6 Å². The molecule has 0 aromatic heterocycles. The number of nitriles is 1. The van der Waals surface area contributed by atoms with Gasteiger partial charge in [0.2, 0.25) is 0 Å². The quantitative estimate of drug-likeness (QED) is 0.275. The SMILES string of the molecule is CC(C)N1C(=O)N(CC2C=C2)C(O)c2cc(NC(C)(O)N3CCO[C@@H](C(=O)Nc4ccc(C#N)cc4F)C3)c(F)cc21. The van der Waals surface area contributed by atoms with Gasteiger partial charge < -0.3 is 25.6 Å². The predicted octanol–water partition coefficient (Wildman–Crippen LogP) is 3.08. The summed E-state index contributed by atoms with van der Waals surface area (Å²) in [6, 6.07) is 7.24. The molecule has 2 aliphatic heterocycles. The fourth-order valence-electron chi connectivity index (χ4n) is 5.15. The van der Waals surface area contributed by atoms with Crippen LogP contribution in [0, 0.1) is 28.9 Å². The number of hydrogen-bond acceptors (Lipinski definition) is 8. The minimum atomic E-state index is -1.87. The van der Waals surface area contributed by atoms with Gasteiger partial charge in [-0.3, -0.25) is 19.5 Å². The molecule has 13 heteroatoms. The molecule has 0 radical (unpaired) electrons. The highest BCUT2D eigenvalue weighted by molar-refractivity contribution is 5.96. The van der Waals surface area contributed by atoms with Gasteiger partial charge in [0.15, 0.2) is 12.1 Å². The molecule has 222 valence electrons. The van der Waals surface area contributed by atoms with Gasteiger partial charge in [-0.05, 0) is 45.0 Å². The van der Waals surface area contributed by atoms with E-state index in [4.69, 9.17) is 10.00 Å². The molecule has 5 rings (SSSR count). The number of rotatable bonds is 8. The van der Waals surface area contributed by atoms with E-state index in [0.29, 0.717) is 5.56 Å². The Morgan fingerprint density at radius 3 is 2.57 bits per heavy atom. The number of morpholine rings is 1. The van der Waals surface area contributed by atoms with Crippen molar-refractivity contribution >= 4 is 29.0 Å². The summed E-state index contributed by atoms with van der Waals surface area (Å²) in [4.78, 5) is 30.3. The van der Waals surface area contributed by atoms with Crippen molar-refractivity contribution in [2.75, 3.05) is 41.8 Å². The number of nitrogens with zero attached hydrogens (tertiary/aromatic N) is 4. The zero-order valence-electron chi connectivity index (χ0n) is 23.3. The number of ether oxygens (including phenoxy) is 1. The summed E-state index contributed by atoms with van der Waals surface area (Å²) in [5, 5.41) is 36.6. The summed E-state index contributed by atoms with van der Waals surface area (Å²) < 4.78 is 35.3. The lowest BCUT2D eigenvalue weighted by atomic mass is 10.0. The van der Waals surface area contributed by atoms with E-state index in [0.717, 1.165) is 12.1 Å². The third-order valence-corrected chi connectivity index (χ3v) is 7.49. The van der Waals surface area contributed by atoms with Crippen LogP contribution >= 0.6 is 0 Å². The van der Waals surface area contributed by atoms with Crippen LogP contribution in [0.25, 0.3) is 0 Å². The molecule has 3 atom stereocenters. The molecule has 2 heterocycles. The number of benzene rings is 2. The van der Waals surface area contributed by atoms with Crippen LogP contribution in [0.1, 0.15) is 38.1 Å². The van der Waals surface area contributed by atoms with Gasteiger partial charge >= 0.3 is 6.03 Å². The second kappa shape index (κ2) is 11.3. The van der Waals surface area contributed by atoms with Crippen molar-refractivity contribution in [3.63, 3.8) is 0 Å². The van der Waals surface area contributed by atoms with E-state index in [1.165, 1.54) is 39.8 Å². The van der Waals surface area contributed by atoms with Crippen LogP contribution in [0.4, 0.5) is 30.6 Å². The van der Waals surface area contributed by atoms with Gasteiger partial charge in [-0.1, -0.05) is 12.2 Å². The Bertz CT molecular complexity index is 1470. The van der Waals surface area contributed by atoms with Gasteiger partial charge in [-0.15, -0.1) is 0 Å². The molecule has 0 saturated carbocycles. The minimum absolute atomic E-state index is 0.0484. The maximum atomic E-state index is 15.4. The number of fused-ring (bicyclic) bond motifs is 1. The summed E-state index contributed by atoms with van der Waals surface area (Å²) in [6.07, 6.45) is 1.42. The van der Waals surface area contributed by atoms with E-state index in [1.54, 1.807) is 13.8 Å². The molecule has 4 N–H and O–H groups in total. The Morgan fingerprint density at radius 2 is 1.93 bits per heavy atom. The molecule has 42 heavy (non-hydrogen) atoms. The minimum Gasteiger partial charge on any atom is -0.369 e. The fourth-order valence-corrected chi connectivity index (χ4v) is 5.15. The van der Waals surface area contributed by atoms with Crippen molar-refractivity contribution < 1.29 is 33.3 Å². The molecule has 1 fully saturated rings. The Kier molecular flexibility index (Phi) is 7.91. The number of carbonyl (C=O) groups is 2. The van der Waals surface area contributed by atoms with E-state index < -0.39 is 41.8 Å². The normalized spacial score (nSPS) is 22.0. The monoisotopic (exact) mass is 582 g/mol. The molecule has 1 saturated heterocycles. The summed E-state index contributed by atoms with van der Waals surface area (Å²) in [7, 11) is 0. The van der Waals surface area contributed by atoms with Crippen molar-refractivity contribution in [1.82, 2.24) is 9.80 Å². The molecule has 3 aliphatic rings. The van der Waals surface area contributed by atoms with Crippen LogP contribution in [0.15, 0.2) is 42.5 Å². The van der Waals surface area contributed by atoms with Crippen LogP contribution < -0.4 is 15.5 Å². The number of aliphatic hydroxyl groups excluding tert-OH is 1. The number of hydrogen-bond donors (Lipinski definition) is 4. The van der Waals surface area contributed by atoms with Crippen molar-refractivity contribution in [1.29, 1.82) is 5.26 Å². The van der Waals surface area contributed by atoms with Gasteiger partial charge in [0.25, 0.3) is 5.91 Å². The average molecular weight is 583 g/mol. The summed E-state index contributed by atoms with van der Waals surface area (Å²) in [5.41, 5.74) is 0.397. The highest BCUT2D eigenvalue weighted by Gasteiger charge is 2.41. The third-order valence-electron chi connectivity index (χ3n) is 7.49. The highest BCUT2D eigenvalue weighted by Crippen LogP contribution is 2.41. The van der Waals surface area contributed by atoms with Crippen molar-refractivity contribution in [3.05, 3.63) is 65.2 Å². The molecule has 2 unspecified atom stereocenters. The van der Waals surface area contributed by atoms with Crippen LogP contribution in [-0.2, 0) is 9.53 Å². The molecule has 1 aliphatic carbocycles. The molecule has 3 amide bonds. The first-order valence-corrected chi connectivity index (χ1v) is 13.6. The fraction of sp³-hybridized carbons (Fsp3) is 0.414. The topological polar surface area (TPSA) is 141 Å². The number of carbonyl (C=O) groups excluding carboxylic acids is 2. The smallest absolute Gasteiger partial charge is 0.327 e. The van der Waals surface area contributed by atoms with Crippen molar-refractivity contribution in [2.45, 2.75) is 45.0 Å². The van der Waals surface area contributed by atoms with Crippen LogP contribution in [0.3, 0.4) is 0 Å². The molecule has 0 spiro atoms. The first-order valence-electron chi connectivity index (χ1n) is 13.6. The lowest BCUT2D eigenvalue weighted by Gasteiger charge is -2.44. The summed E-state index contributed by atoms with van der Waals surface area (Å²) in [6.45, 7) is 5.37. The first kappa shape index (κ1) is 29.4. The lowest BCUT2D eigenvalue weighted by Crippen LogP contribution is -2.60. The van der Waals surface area contributed by atoms with Gasteiger partial charge in [0, 0.05) is 43.2 Å². The number of nitrogens with one attached hydrogen (secondary N) is 2. The third kappa shape index (κ3) is 5.79. The number of aliphatic hydroxyl groups is 2. The van der Waals surface area contributed by atoms with E-state index >= 15 is 4.39 Å². The molecular formula is C29H32F2N6O5. The largest absolute Gasteiger partial charge is 0.369 e. The van der Waals surface area contributed by atoms with E-state index in [-0.39, 0.29) is 60.8 Å². The molecule has 0 bridgehead atoms. The first-order chi connectivity index (χ1) is 19.9. The Balaban J connectivity index is 1.33. The van der Waals surface area contributed by atoms with Gasteiger partial charge in [0.1, 0.15) is 17.7 Å². The predicted molar refractivity (Wildman–Crippen MR) is 149 cm³/mol. The Labute approximate surface area is 241 Å². The summed E-state index contributed by atoms with van der Waals surface area (Å²) >= 11 is 0. The number of amides is 3. The van der Waals surface area contributed by atoms with Gasteiger partial charge in [-0.2, -0.15) is 5.26 Å². The van der Waals surface area contributed by atoms with Crippen molar-refractivity contribution in [3.8, 4) is 6.07 Å². The average Bonchev–Trinajstić information content (AvgIpc) is 3.77. The maximum absolute atomic E-state index is 15.4. The number of halogens is 2. The zero-order valence-corrected chi connectivity index (χ0v) is 23.3. The number of urea groups is 1. The second-order valence-corrected chi connectivity index (χ2v) is 11.0. The van der Waals surface area contributed by atoms with Crippen LogP contribution in [-0.4, -0.2) is 76.2 Å². The molecule has 2 aromatic rings. The van der Waals surface area contributed by atoms with Crippen LogP contribution in [0.2, 0.25) is 0 Å². The van der Waals surface area contributed by atoms with E-state index in [9.17, 15) is 24.2 Å². The van der Waals surface area contributed by atoms with E-state index in [1.807, 2.05) is 18.2 Å². The van der Waals surface area contributed by atoms with Gasteiger partial charge in [-0.25, -0.2) is 13.6 Å². The van der Waals surface area contributed by atoms with Crippen molar-refractivity contribution in [2.24, 2.45) is 5.92 Å². The maximum Gasteiger partial charge on any atom is 0.327 e.